The van der Waals surface area contributed by atoms with Crippen molar-refractivity contribution in [3.63, 3.8) is 0 Å². The molecule has 0 saturated carbocycles. The Morgan fingerprint density at radius 2 is 2.12 bits per heavy atom. The molecule has 0 atom stereocenters. The SMILES string of the molecule is COc1ccc(CCC(=O)n2ccnc2)cc1. The van der Waals surface area contributed by atoms with Gasteiger partial charge in [-0.25, -0.2) is 4.98 Å². The van der Waals surface area contributed by atoms with Crippen molar-refractivity contribution in [3.05, 3.63) is 48.5 Å². The number of aryl methyl sites for hydroxylation is 1. The van der Waals surface area contributed by atoms with Gasteiger partial charge in [0.05, 0.1) is 7.11 Å². The average Bonchev–Trinajstić information content (AvgIpc) is 2.90. The minimum Gasteiger partial charge on any atom is -0.497 e. The first-order valence-electron chi connectivity index (χ1n) is 5.43. The van der Waals surface area contributed by atoms with Gasteiger partial charge in [-0.3, -0.25) is 9.36 Å². The van der Waals surface area contributed by atoms with E-state index in [-0.39, 0.29) is 5.91 Å². The van der Waals surface area contributed by atoms with Crippen LogP contribution in [0.2, 0.25) is 0 Å². The van der Waals surface area contributed by atoms with E-state index in [0.29, 0.717) is 6.42 Å². The lowest BCUT2D eigenvalue weighted by molar-refractivity contribution is 0.0903. The quantitative estimate of drug-likeness (QED) is 0.808. The Morgan fingerprint density at radius 3 is 2.71 bits per heavy atom. The van der Waals surface area contributed by atoms with Crippen molar-refractivity contribution < 1.29 is 9.53 Å². The Kier molecular flexibility index (Phi) is 3.55. The Bertz CT molecular complexity index is 475. The molecule has 0 fully saturated rings. The molecule has 17 heavy (non-hydrogen) atoms. The van der Waals surface area contributed by atoms with Crippen LogP contribution in [-0.4, -0.2) is 22.6 Å². The first kappa shape index (κ1) is 11.4. The second-order valence-electron chi connectivity index (χ2n) is 3.71. The van der Waals surface area contributed by atoms with Crippen molar-refractivity contribution in [2.45, 2.75) is 12.8 Å². The summed E-state index contributed by atoms with van der Waals surface area (Å²) in [6.07, 6.45) is 5.99. The van der Waals surface area contributed by atoms with Crippen molar-refractivity contribution in [1.82, 2.24) is 9.55 Å². The summed E-state index contributed by atoms with van der Waals surface area (Å²) in [6.45, 7) is 0. The van der Waals surface area contributed by atoms with Gasteiger partial charge in [-0.05, 0) is 24.1 Å². The highest BCUT2D eigenvalue weighted by Gasteiger charge is 2.04. The molecule has 0 bridgehead atoms. The molecule has 2 rings (SSSR count). The highest BCUT2D eigenvalue weighted by Crippen LogP contribution is 2.12. The first-order valence-corrected chi connectivity index (χ1v) is 5.43. The summed E-state index contributed by atoms with van der Waals surface area (Å²) in [5.41, 5.74) is 1.12. The van der Waals surface area contributed by atoms with Crippen molar-refractivity contribution in [2.24, 2.45) is 0 Å². The summed E-state index contributed by atoms with van der Waals surface area (Å²) in [5.74, 6) is 0.882. The number of ether oxygens (including phenoxy) is 1. The molecule has 0 amide bonds. The summed E-state index contributed by atoms with van der Waals surface area (Å²) >= 11 is 0. The number of methoxy groups -OCH3 is 1. The number of hydrogen-bond donors (Lipinski definition) is 0. The normalized spacial score (nSPS) is 10.2. The third kappa shape index (κ3) is 2.93. The second kappa shape index (κ2) is 5.30. The molecular weight excluding hydrogens is 216 g/mol. The van der Waals surface area contributed by atoms with E-state index in [1.807, 2.05) is 24.3 Å². The van der Waals surface area contributed by atoms with Crippen molar-refractivity contribution >= 4 is 5.91 Å². The largest absolute Gasteiger partial charge is 0.497 e. The van der Waals surface area contributed by atoms with Crippen LogP contribution in [0.5, 0.6) is 5.75 Å². The summed E-state index contributed by atoms with van der Waals surface area (Å²) in [7, 11) is 1.64. The van der Waals surface area contributed by atoms with Crippen molar-refractivity contribution in [3.8, 4) is 5.75 Å². The van der Waals surface area contributed by atoms with E-state index >= 15 is 0 Å². The van der Waals surface area contributed by atoms with Gasteiger partial charge in [0.15, 0.2) is 0 Å². The molecule has 0 aliphatic rings. The van der Waals surface area contributed by atoms with Gasteiger partial charge >= 0.3 is 0 Å². The Hall–Kier alpha value is -2.10. The molecule has 0 unspecified atom stereocenters. The van der Waals surface area contributed by atoms with Gasteiger partial charge in [-0.1, -0.05) is 12.1 Å². The highest BCUT2D eigenvalue weighted by atomic mass is 16.5. The molecule has 0 N–H and O–H groups in total. The fourth-order valence-corrected chi connectivity index (χ4v) is 1.58. The molecule has 4 heteroatoms. The zero-order valence-electron chi connectivity index (χ0n) is 9.67. The van der Waals surface area contributed by atoms with Crippen LogP contribution in [0.1, 0.15) is 16.8 Å². The maximum Gasteiger partial charge on any atom is 0.232 e. The Morgan fingerprint density at radius 1 is 1.35 bits per heavy atom. The molecule has 1 heterocycles. The summed E-state index contributed by atoms with van der Waals surface area (Å²) in [4.78, 5) is 15.5. The fraction of sp³-hybridized carbons (Fsp3) is 0.231. The van der Waals surface area contributed by atoms with E-state index in [4.69, 9.17) is 4.74 Å². The number of nitrogens with zero attached hydrogens (tertiary/aromatic N) is 2. The van der Waals surface area contributed by atoms with Crippen LogP contribution in [-0.2, 0) is 6.42 Å². The smallest absolute Gasteiger partial charge is 0.232 e. The molecule has 2 aromatic rings. The summed E-state index contributed by atoms with van der Waals surface area (Å²) < 4.78 is 6.58. The lowest BCUT2D eigenvalue weighted by atomic mass is 10.1. The van der Waals surface area contributed by atoms with Gasteiger partial charge in [0.2, 0.25) is 5.91 Å². The average molecular weight is 230 g/mol. The molecule has 0 spiro atoms. The van der Waals surface area contributed by atoms with Gasteiger partial charge in [0, 0.05) is 18.8 Å². The maximum absolute atomic E-state index is 11.7. The molecule has 0 saturated heterocycles. The third-order valence-electron chi connectivity index (χ3n) is 2.58. The Labute approximate surface area is 99.9 Å². The molecule has 0 aliphatic carbocycles. The number of aromatic nitrogens is 2. The zero-order chi connectivity index (χ0) is 12.1. The second-order valence-corrected chi connectivity index (χ2v) is 3.71. The number of hydrogen-bond acceptors (Lipinski definition) is 3. The zero-order valence-corrected chi connectivity index (χ0v) is 9.67. The van der Waals surface area contributed by atoms with Crippen LogP contribution >= 0.6 is 0 Å². The minimum atomic E-state index is 0.0540. The fourth-order valence-electron chi connectivity index (χ4n) is 1.58. The Balaban J connectivity index is 1.91. The van der Waals surface area contributed by atoms with Gasteiger partial charge in [0.25, 0.3) is 0 Å². The minimum absolute atomic E-state index is 0.0540. The number of carbonyl (C=O) groups excluding carboxylic acids is 1. The predicted molar refractivity (Wildman–Crippen MR) is 64.2 cm³/mol. The van der Waals surface area contributed by atoms with E-state index in [1.165, 1.54) is 10.9 Å². The number of imidazole rings is 1. The molecular formula is C13H14N2O2. The van der Waals surface area contributed by atoms with Gasteiger partial charge in [-0.2, -0.15) is 0 Å². The topological polar surface area (TPSA) is 44.1 Å². The predicted octanol–water partition coefficient (Wildman–Crippen LogP) is 2.16. The van der Waals surface area contributed by atoms with Crippen LogP contribution in [0.25, 0.3) is 0 Å². The van der Waals surface area contributed by atoms with Crippen LogP contribution in [0.15, 0.2) is 43.0 Å². The molecule has 88 valence electrons. The third-order valence-corrected chi connectivity index (χ3v) is 2.58. The van der Waals surface area contributed by atoms with Crippen molar-refractivity contribution in [1.29, 1.82) is 0 Å². The van der Waals surface area contributed by atoms with Crippen LogP contribution in [0, 0.1) is 0 Å². The van der Waals surface area contributed by atoms with Gasteiger partial charge in [-0.15, -0.1) is 0 Å². The molecule has 0 radical (unpaired) electrons. The van der Waals surface area contributed by atoms with E-state index < -0.39 is 0 Å². The first-order chi connectivity index (χ1) is 8.29. The van der Waals surface area contributed by atoms with E-state index in [1.54, 1.807) is 19.5 Å². The van der Waals surface area contributed by atoms with Gasteiger partial charge < -0.3 is 4.74 Å². The van der Waals surface area contributed by atoms with E-state index in [2.05, 4.69) is 4.98 Å². The summed E-state index contributed by atoms with van der Waals surface area (Å²) in [5, 5.41) is 0. The number of carbonyl (C=O) groups is 1. The van der Waals surface area contributed by atoms with Crippen LogP contribution in [0.4, 0.5) is 0 Å². The van der Waals surface area contributed by atoms with E-state index in [9.17, 15) is 4.79 Å². The van der Waals surface area contributed by atoms with E-state index in [0.717, 1.165) is 17.7 Å². The number of benzene rings is 1. The highest BCUT2D eigenvalue weighted by molar-refractivity contribution is 5.78. The molecule has 4 nitrogen and oxygen atoms in total. The summed E-state index contributed by atoms with van der Waals surface area (Å²) in [6, 6.07) is 7.74. The van der Waals surface area contributed by atoms with Crippen molar-refractivity contribution in [2.75, 3.05) is 7.11 Å². The maximum atomic E-state index is 11.7. The van der Waals surface area contributed by atoms with Crippen LogP contribution in [0.3, 0.4) is 0 Å². The standard InChI is InChI=1S/C13H14N2O2/c1-17-12-5-2-11(3-6-12)4-7-13(16)15-9-8-14-10-15/h2-3,5-6,8-10H,4,7H2,1H3. The molecule has 1 aromatic carbocycles. The van der Waals surface area contributed by atoms with Gasteiger partial charge in [0.1, 0.15) is 12.1 Å². The monoisotopic (exact) mass is 230 g/mol. The van der Waals surface area contributed by atoms with Crippen LogP contribution < -0.4 is 4.74 Å². The molecule has 0 aliphatic heterocycles. The molecule has 1 aromatic heterocycles. The number of rotatable bonds is 4. The lowest BCUT2D eigenvalue weighted by Crippen LogP contribution is -2.09. The lowest BCUT2D eigenvalue weighted by Gasteiger charge is -2.03.